The van der Waals surface area contributed by atoms with Crippen molar-refractivity contribution in [1.29, 1.82) is 0 Å². The fraction of sp³-hybridized carbons (Fsp3) is 0.100. The Morgan fingerprint density at radius 2 is 1.92 bits per heavy atom. The van der Waals surface area contributed by atoms with E-state index in [9.17, 15) is 4.79 Å². The van der Waals surface area contributed by atoms with Gasteiger partial charge in [-0.05, 0) is 18.6 Å². The predicted molar refractivity (Wildman–Crippen MR) is 54.1 cm³/mol. The van der Waals surface area contributed by atoms with Gasteiger partial charge in [0.25, 0.3) is 0 Å². The van der Waals surface area contributed by atoms with E-state index in [0.717, 1.165) is 5.56 Å². The summed E-state index contributed by atoms with van der Waals surface area (Å²) in [6.07, 6.45) is 1.51. The van der Waals surface area contributed by atoms with E-state index in [-0.39, 0.29) is 5.78 Å². The first kappa shape index (κ1) is 9.07. The molecule has 0 aliphatic rings. The van der Waals surface area contributed by atoms with Crippen LogP contribution in [0.4, 0.5) is 0 Å². The van der Waals surface area contributed by atoms with E-state index in [0.29, 0.717) is 4.91 Å². The van der Waals surface area contributed by atoms with Crippen molar-refractivity contribution in [3.8, 4) is 0 Å². The van der Waals surface area contributed by atoms with Crippen LogP contribution in [0.1, 0.15) is 12.5 Å². The molecule has 0 atom stereocenters. The van der Waals surface area contributed by atoms with Crippen LogP contribution in [0.5, 0.6) is 0 Å². The van der Waals surface area contributed by atoms with E-state index in [4.69, 9.17) is 0 Å². The molecule has 0 heterocycles. The molecule has 2 heteroatoms. The van der Waals surface area contributed by atoms with E-state index >= 15 is 0 Å². The van der Waals surface area contributed by atoms with Crippen molar-refractivity contribution in [3.05, 3.63) is 42.0 Å². The monoisotopic (exact) mass is 178 g/mol. The number of hydrogen-bond acceptors (Lipinski definition) is 2. The van der Waals surface area contributed by atoms with E-state index in [1.807, 2.05) is 30.3 Å². The molecule has 12 heavy (non-hydrogen) atoms. The molecule has 1 nitrogen and oxygen atoms in total. The lowest BCUT2D eigenvalue weighted by Gasteiger charge is -1.97. The van der Waals surface area contributed by atoms with Gasteiger partial charge in [0, 0.05) is 4.91 Å². The molecular formula is C10H10OS. The number of rotatable bonds is 2. The second kappa shape index (κ2) is 4.12. The molecule has 0 radical (unpaired) electrons. The maximum absolute atomic E-state index is 10.7. The summed E-state index contributed by atoms with van der Waals surface area (Å²) < 4.78 is 0. The molecule has 0 N–H and O–H groups in total. The third-order valence-electron chi connectivity index (χ3n) is 1.41. The third-order valence-corrected chi connectivity index (χ3v) is 1.80. The highest BCUT2D eigenvalue weighted by Gasteiger charge is 1.95. The van der Waals surface area contributed by atoms with Gasteiger partial charge in [0.1, 0.15) is 0 Å². The Labute approximate surface area is 77.5 Å². The van der Waals surface area contributed by atoms with Crippen LogP contribution in [0.3, 0.4) is 0 Å². The van der Waals surface area contributed by atoms with E-state index < -0.39 is 0 Å². The van der Waals surface area contributed by atoms with E-state index in [2.05, 4.69) is 12.6 Å². The van der Waals surface area contributed by atoms with Crippen LogP contribution in [0.25, 0.3) is 4.91 Å². The molecule has 1 aromatic rings. The van der Waals surface area contributed by atoms with Crippen molar-refractivity contribution < 1.29 is 4.79 Å². The highest BCUT2D eigenvalue weighted by Crippen LogP contribution is 2.16. The molecule has 62 valence electrons. The fourth-order valence-corrected chi connectivity index (χ4v) is 1.22. The number of thiol groups is 1. The van der Waals surface area contributed by atoms with Gasteiger partial charge in [0.2, 0.25) is 0 Å². The standard InChI is InChI=1S/C10H10OS/c1-8(11)7-10(12)9-5-3-2-4-6-9/h2-7,12H,1H3/b10-7+. The minimum Gasteiger partial charge on any atom is -0.295 e. The molecule has 0 aliphatic carbocycles. The van der Waals surface area contributed by atoms with Gasteiger partial charge in [-0.25, -0.2) is 0 Å². The van der Waals surface area contributed by atoms with Gasteiger partial charge < -0.3 is 0 Å². The van der Waals surface area contributed by atoms with Gasteiger partial charge in [-0.1, -0.05) is 30.3 Å². The van der Waals surface area contributed by atoms with Gasteiger partial charge in [-0.2, -0.15) is 0 Å². The average Bonchev–Trinajstić information content (AvgIpc) is 2.05. The van der Waals surface area contributed by atoms with Crippen LogP contribution in [0, 0.1) is 0 Å². The number of hydrogen-bond donors (Lipinski definition) is 1. The summed E-state index contributed by atoms with van der Waals surface area (Å²) >= 11 is 4.20. The zero-order valence-corrected chi connectivity index (χ0v) is 7.71. The quantitative estimate of drug-likeness (QED) is 0.544. The summed E-state index contributed by atoms with van der Waals surface area (Å²) in [5, 5.41) is 0. The lowest BCUT2D eigenvalue weighted by Crippen LogP contribution is -1.83. The lowest BCUT2D eigenvalue weighted by molar-refractivity contribution is -0.112. The average molecular weight is 178 g/mol. The lowest BCUT2D eigenvalue weighted by atomic mass is 10.2. The first-order valence-corrected chi connectivity index (χ1v) is 4.11. The number of ketones is 1. The minimum absolute atomic E-state index is 0.0175. The summed E-state index contributed by atoms with van der Waals surface area (Å²) in [6.45, 7) is 1.51. The molecule has 0 unspecified atom stereocenters. The zero-order chi connectivity index (χ0) is 8.97. The fourth-order valence-electron chi connectivity index (χ4n) is 0.885. The number of carbonyl (C=O) groups is 1. The Morgan fingerprint density at radius 3 is 2.42 bits per heavy atom. The van der Waals surface area contributed by atoms with Crippen molar-refractivity contribution in [3.63, 3.8) is 0 Å². The maximum Gasteiger partial charge on any atom is 0.153 e. The molecule has 0 fully saturated rings. The van der Waals surface area contributed by atoms with Gasteiger partial charge >= 0.3 is 0 Å². The predicted octanol–water partition coefficient (Wildman–Crippen LogP) is 2.55. The van der Waals surface area contributed by atoms with Gasteiger partial charge in [0.05, 0.1) is 0 Å². The smallest absolute Gasteiger partial charge is 0.153 e. The normalized spacial score (nSPS) is 11.3. The van der Waals surface area contributed by atoms with E-state index in [1.165, 1.54) is 13.0 Å². The second-order valence-corrected chi connectivity index (χ2v) is 2.99. The van der Waals surface area contributed by atoms with E-state index in [1.54, 1.807) is 0 Å². The molecule has 1 aromatic carbocycles. The van der Waals surface area contributed by atoms with Crippen molar-refractivity contribution in [2.75, 3.05) is 0 Å². The van der Waals surface area contributed by atoms with Crippen molar-refractivity contribution >= 4 is 23.3 Å². The first-order chi connectivity index (χ1) is 5.70. The van der Waals surface area contributed by atoms with Crippen LogP contribution < -0.4 is 0 Å². The molecule has 0 amide bonds. The zero-order valence-electron chi connectivity index (χ0n) is 6.82. The molecule has 0 bridgehead atoms. The highest BCUT2D eigenvalue weighted by molar-refractivity contribution is 7.90. The SMILES string of the molecule is CC(=O)/C=C(/S)c1ccccc1. The minimum atomic E-state index is 0.0175. The molecule has 1 rings (SSSR count). The Bertz CT molecular complexity index is 301. The number of carbonyl (C=O) groups excluding carboxylic acids is 1. The van der Waals surface area contributed by atoms with Gasteiger partial charge in [-0.15, -0.1) is 12.6 Å². The van der Waals surface area contributed by atoms with Crippen LogP contribution in [0.15, 0.2) is 36.4 Å². The molecular weight excluding hydrogens is 168 g/mol. The molecule has 0 spiro atoms. The molecule has 0 saturated carbocycles. The summed E-state index contributed by atoms with van der Waals surface area (Å²) in [5.41, 5.74) is 0.969. The van der Waals surface area contributed by atoms with Crippen LogP contribution in [-0.4, -0.2) is 5.78 Å². The van der Waals surface area contributed by atoms with Crippen molar-refractivity contribution in [1.82, 2.24) is 0 Å². The number of benzene rings is 1. The Morgan fingerprint density at radius 1 is 1.33 bits per heavy atom. The molecule has 0 aromatic heterocycles. The Balaban J connectivity index is 2.93. The highest BCUT2D eigenvalue weighted by atomic mass is 32.1. The van der Waals surface area contributed by atoms with Crippen LogP contribution >= 0.6 is 12.6 Å². The van der Waals surface area contributed by atoms with Crippen LogP contribution in [-0.2, 0) is 4.79 Å². The topological polar surface area (TPSA) is 17.1 Å². The van der Waals surface area contributed by atoms with Crippen LogP contribution in [0.2, 0.25) is 0 Å². The summed E-state index contributed by atoms with van der Waals surface area (Å²) in [5.74, 6) is 0.0175. The Hall–Kier alpha value is -1.02. The van der Waals surface area contributed by atoms with Crippen molar-refractivity contribution in [2.24, 2.45) is 0 Å². The number of allylic oxidation sites excluding steroid dienone is 1. The summed E-state index contributed by atoms with van der Waals surface area (Å²) in [6, 6.07) is 9.60. The third kappa shape index (κ3) is 2.55. The largest absolute Gasteiger partial charge is 0.295 e. The first-order valence-electron chi connectivity index (χ1n) is 3.67. The van der Waals surface area contributed by atoms with Gasteiger partial charge in [-0.3, -0.25) is 4.79 Å². The second-order valence-electron chi connectivity index (χ2n) is 2.51. The summed E-state index contributed by atoms with van der Waals surface area (Å²) in [4.78, 5) is 11.4. The Kier molecular flexibility index (Phi) is 3.11. The van der Waals surface area contributed by atoms with Gasteiger partial charge in [0.15, 0.2) is 5.78 Å². The molecule has 0 saturated heterocycles. The van der Waals surface area contributed by atoms with Crippen molar-refractivity contribution in [2.45, 2.75) is 6.92 Å². The summed E-state index contributed by atoms with van der Waals surface area (Å²) in [7, 11) is 0. The maximum atomic E-state index is 10.7. The molecule has 0 aliphatic heterocycles.